The van der Waals surface area contributed by atoms with Gasteiger partial charge in [-0.05, 0) is 6.07 Å². The second-order valence-electron chi connectivity index (χ2n) is 7.84. The first kappa shape index (κ1) is 18.0. The summed E-state index contributed by atoms with van der Waals surface area (Å²) < 4.78 is 23.9. The van der Waals surface area contributed by atoms with Gasteiger partial charge in [0, 0.05) is 37.2 Å². The van der Waals surface area contributed by atoms with Crippen LogP contribution in [0.5, 0.6) is 0 Å². The molecule has 1 aromatic rings. The third kappa shape index (κ3) is 1.96. The zero-order chi connectivity index (χ0) is 20.3. The summed E-state index contributed by atoms with van der Waals surface area (Å²) in [5.41, 5.74) is -3.33. The SMILES string of the molecule is N#CC1(C#N)C(c2cccnc2)OC23CCC4(CC2C1(C#N)C(=N)O3)OCCO4. The molecule has 1 N–H and O–H groups in total. The summed E-state index contributed by atoms with van der Waals surface area (Å²) >= 11 is 0. The highest BCUT2D eigenvalue weighted by molar-refractivity contribution is 5.89. The molecule has 9 nitrogen and oxygen atoms in total. The minimum absolute atomic E-state index is 0.202. The van der Waals surface area contributed by atoms with Gasteiger partial charge in [0.15, 0.2) is 11.2 Å². The Morgan fingerprint density at radius 3 is 2.48 bits per heavy atom. The van der Waals surface area contributed by atoms with Crippen LogP contribution in [0.4, 0.5) is 0 Å². The fraction of sp³-hybridized carbons (Fsp3) is 0.550. The van der Waals surface area contributed by atoms with Crippen LogP contribution in [-0.4, -0.2) is 35.7 Å². The van der Waals surface area contributed by atoms with Gasteiger partial charge in [0.2, 0.25) is 17.1 Å². The Balaban J connectivity index is 1.73. The highest BCUT2D eigenvalue weighted by Crippen LogP contribution is 2.70. The van der Waals surface area contributed by atoms with Crippen LogP contribution < -0.4 is 0 Å². The predicted octanol–water partition coefficient (Wildman–Crippen LogP) is 1.94. The van der Waals surface area contributed by atoms with Crippen LogP contribution in [0.15, 0.2) is 24.5 Å². The van der Waals surface area contributed by atoms with E-state index in [1.807, 2.05) is 12.1 Å². The molecular formula is C20H17N5O4. The molecule has 2 bridgehead atoms. The maximum atomic E-state index is 10.3. The van der Waals surface area contributed by atoms with Gasteiger partial charge in [0.1, 0.15) is 6.10 Å². The number of hydrogen-bond acceptors (Lipinski definition) is 9. The molecule has 4 fully saturated rings. The van der Waals surface area contributed by atoms with E-state index in [1.54, 1.807) is 18.3 Å². The van der Waals surface area contributed by atoms with Gasteiger partial charge >= 0.3 is 0 Å². The number of ether oxygens (including phenoxy) is 4. The highest BCUT2D eigenvalue weighted by Gasteiger charge is 2.82. The van der Waals surface area contributed by atoms with Gasteiger partial charge < -0.3 is 18.9 Å². The molecule has 29 heavy (non-hydrogen) atoms. The molecule has 146 valence electrons. The van der Waals surface area contributed by atoms with E-state index in [4.69, 9.17) is 24.4 Å². The lowest BCUT2D eigenvalue weighted by Gasteiger charge is -2.54. The summed E-state index contributed by atoms with van der Waals surface area (Å²) in [5.74, 6) is -3.38. The normalized spacial score (nSPS) is 38.3. The Kier molecular flexibility index (Phi) is 3.57. The molecule has 4 unspecified atom stereocenters. The van der Waals surface area contributed by atoms with E-state index in [-0.39, 0.29) is 6.42 Å². The number of hydrogen-bond donors (Lipinski definition) is 1. The number of nitriles is 3. The number of rotatable bonds is 1. The molecule has 3 saturated heterocycles. The molecule has 1 spiro atoms. The van der Waals surface area contributed by atoms with Gasteiger partial charge in [0.25, 0.3) is 0 Å². The van der Waals surface area contributed by atoms with Crippen LogP contribution in [0, 0.1) is 56.2 Å². The fourth-order valence-electron chi connectivity index (χ4n) is 5.38. The van der Waals surface area contributed by atoms with Crippen molar-refractivity contribution in [3.63, 3.8) is 0 Å². The van der Waals surface area contributed by atoms with Gasteiger partial charge in [-0.1, -0.05) is 6.07 Å². The number of nitrogens with zero attached hydrogens (tertiary/aromatic N) is 4. The van der Waals surface area contributed by atoms with Crippen molar-refractivity contribution in [2.75, 3.05) is 13.2 Å². The molecule has 9 heteroatoms. The minimum atomic E-state index is -2.00. The minimum Gasteiger partial charge on any atom is -0.447 e. The number of nitrogens with one attached hydrogen (secondary N) is 1. The van der Waals surface area contributed by atoms with Crippen LogP contribution >= 0.6 is 0 Å². The van der Waals surface area contributed by atoms with Crippen molar-refractivity contribution < 1.29 is 18.9 Å². The maximum Gasteiger partial charge on any atom is 0.218 e. The van der Waals surface area contributed by atoms with Crippen LogP contribution in [-0.2, 0) is 18.9 Å². The lowest BCUT2D eigenvalue weighted by molar-refractivity contribution is -0.330. The Morgan fingerprint density at radius 1 is 1.10 bits per heavy atom. The zero-order valence-corrected chi connectivity index (χ0v) is 15.4. The number of aromatic nitrogens is 1. The molecule has 0 amide bonds. The third-order valence-electron chi connectivity index (χ3n) is 6.72. The Labute approximate surface area is 166 Å². The molecule has 3 aliphatic heterocycles. The van der Waals surface area contributed by atoms with Crippen molar-refractivity contribution in [1.29, 1.82) is 21.2 Å². The van der Waals surface area contributed by atoms with Crippen molar-refractivity contribution in [1.82, 2.24) is 4.98 Å². The standard InChI is InChI=1S/C20H17N5O4/c21-10-17(11-22)15(13-2-1-5-25-9-13)28-20-4-3-18(26-6-7-27-18)8-14(20)19(17,12-23)16(24)29-20/h1-2,5,9,14-15,24H,3-4,6-8H2. The largest absolute Gasteiger partial charge is 0.447 e. The first-order valence-electron chi connectivity index (χ1n) is 9.39. The second kappa shape index (κ2) is 5.75. The first-order chi connectivity index (χ1) is 14.0. The lowest BCUT2D eigenvalue weighted by atomic mass is 9.51. The molecule has 0 aromatic carbocycles. The third-order valence-corrected chi connectivity index (χ3v) is 6.72. The van der Waals surface area contributed by atoms with E-state index in [9.17, 15) is 15.8 Å². The van der Waals surface area contributed by atoms with Crippen LogP contribution in [0.3, 0.4) is 0 Å². The summed E-state index contributed by atoms with van der Waals surface area (Å²) in [6.07, 6.45) is 2.96. The van der Waals surface area contributed by atoms with Gasteiger partial charge in [0.05, 0.1) is 37.3 Å². The fourth-order valence-corrected chi connectivity index (χ4v) is 5.38. The summed E-state index contributed by atoms with van der Waals surface area (Å²) in [6, 6.07) is 9.58. The summed E-state index contributed by atoms with van der Waals surface area (Å²) in [7, 11) is 0. The Bertz CT molecular complexity index is 988. The van der Waals surface area contributed by atoms with E-state index in [0.717, 1.165) is 0 Å². The predicted molar refractivity (Wildman–Crippen MR) is 93.3 cm³/mol. The van der Waals surface area contributed by atoms with Gasteiger partial charge in [-0.15, -0.1) is 0 Å². The van der Waals surface area contributed by atoms with E-state index in [1.165, 1.54) is 6.20 Å². The van der Waals surface area contributed by atoms with Crippen molar-refractivity contribution in [3.8, 4) is 18.2 Å². The first-order valence-corrected chi connectivity index (χ1v) is 9.39. The zero-order valence-electron chi connectivity index (χ0n) is 15.4. The Morgan fingerprint density at radius 2 is 1.86 bits per heavy atom. The monoisotopic (exact) mass is 391 g/mol. The molecule has 1 aliphatic carbocycles. The van der Waals surface area contributed by atoms with Gasteiger partial charge in [-0.3, -0.25) is 10.4 Å². The Hall–Kier alpha value is -3.03. The quantitative estimate of drug-likeness (QED) is 0.764. The molecule has 1 aromatic heterocycles. The van der Waals surface area contributed by atoms with E-state index in [2.05, 4.69) is 11.1 Å². The van der Waals surface area contributed by atoms with Crippen molar-refractivity contribution in [2.24, 2.45) is 16.7 Å². The average molecular weight is 391 g/mol. The topological polar surface area (TPSA) is 145 Å². The average Bonchev–Trinajstić information content (AvgIpc) is 3.28. The number of pyridine rings is 1. The molecule has 0 radical (unpaired) electrons. The maximum absolute atomic E-state index is 10.3. The molecule has 4 atom stereocenters. The molecule has 1 saturated carbocycles. The van der Waals surface area contributed by atoms with E-state index >= 15 is 0 Å². The van der Waals surface area contributed by atoms with E-state index in [0.29, 0.717) is 31.6 Å². The molecular weight excluding hydrogens is 374 g/mol. The molecule has 5 rings (SSSR count). The van der Waals surface area contributed by atoms with Crippen LogP contribution in [0.25, 0.3) is 0 Å². The smallest absolute Gasteiger partial charge is 0.218 e. The summed E-state index contributed by atoms with van der Waals surface area (Å²) in [4.78, 5) is 4.08. The molecule has 4 aliphatic rings. The van der Waals surface area contributed by atoms with Gasteiger partial charge in [-0.2, -0.15) is 15.8 Å². The summed E-state index contributed by atoms with van der Waals surface area (Å²) in [5, 5.41) is 39.3. The van der Waals surface area contributed by atoms with E-state index < -0.39 is 40.3 Å². The van der Waals surface area contributed by atoms with Crippen molar-refractivity contribution in [2.45, 2.75) is 36.9 Å². The summed E-state index contributed by atoms with van der Waals surface area (Å²) in [6.45, 7) is 0.858. The highest BCUT2D eigenvalue weighted by atomic mass is 16.7. The molecule has 4 heterocycles. The second-order valence-corrected chi connectivity index (χ2v) is 7.84. The van der Waals surface area contributed by atoms with Crippen molar-refractivity contribution >= 4 is 5.90 Å². The lowest BCUT2D eigenvalue weighted by Crippen LogP contribution is -2.63. The van der Waals surface area contributed by atoms with Crippen LogP contribution in [0.1, 0.15) is 30.9 Å². The van der Waals surface area contributed by atoms with Crippen LogP contribution in [0.2, 0.25) is 0 Å². The van der Waals surface area contributed by atoms with Crippen molar-refractivity contribution in [3.05, 3.63) is 30.1 Å². The van der Waals surface area contributed by atoms with Gasteiger partial charge in [-0.25, -0.2) is 0 Å².